The van der Waals surface area contributed by atoms with Gasteiger partial charge < -0.3 is 10.5 Å². The molecule has 2 rings (SSSR count). The van der Waals surface area contributed by atoms with Crippen molar-refractivity contribution in [2.45, 2.75) is 52.0 Å². The van der Waals surface area contributed by atoms with Crippen LogP contribution in [0.1, 0.15) is 51.5 Å². The Balaban J connectivity index is 2.32. The van der Waals surface area contributed by atoms with Gasteiger partial charge in [-0.2, -0.15) is 0 Å². The highest BCUT2D eigenvalue weighted by molar-refractivity contribution is 5.38. The van der Waals surface area contributed by atoms with Crippen molar-refractivity contribution in [2.75, 3.05) is 7.11 Å². The molecule has 0 aliphatic heterocycles. The van der Waals surface area contributed by atoms with Gasteiger partial charge in [-0.15, -0.1) is 0 Å². The number of halogens is 1. The normalized spacial score (nSPS) is 27.4. The lowest BCUT2D eigenvalue weighted by molar-refractivity contribution is 0.152. The second kappa shape index (κ2) is 5.72. The maximum absolute atomic E-state index is 13.6. The number of methoxy groups -OCH3 is 1. The SMILES string of the molecule is COc1ccc(F)cc1C1CC(C(C)(C)C)CCC1N. The number of rotatable bonds is 2. The Morgan fingerprint density at radius 2 is 1.95 bits per heavy atom. The van der Waals surface area contributed by atoms with Crippen molar-refractivity contribution in [3.63, 3.8) is 0 Å². The highest BCUT2D eigenvalue weighted by Gasteiger charge is 2.36. The molecule has 112 valence electrons. The van der Waals surface area contributed by atoms with Crippen molar-refractivity contribution in [3.05, 3.63) is 29.6 Å². The third-order valence-corrected chi connectivity index (χ3v) is 4.72. The van der Waals surface area contributed by atoms with E-state index in [1.807, 2.05) is 0 Å². The Hall–Kier alpha value is -1.09. The molecule has 20 heavy (non-hydrogen) atoms. The summed E-state index contributed by atoms with van der Waals surface area (Å²) in [6.07, 6.45) is 3.15. The van der Waals surface area contributed by atoms with Gasteiger partial charge in [-0.3, -0.25) is 0 Å². The summed E-state index contributed by atoms with van der Waals surface area (Å²) in [5.41, 5.74) is 7.50. The standard InChI is InChI=1S/C17H26FNO/c1-17(2,3)11-5-7-15(19)13(9-11)14-10-12(18)6-8-16(14)20-4/h6,8,10-11,13,15H,5,7,9,19H2,1-4H3. The molecule has 0 spiro atoms. The first-order chi connectivity index (χ1) is 9.32. The van der Waals surface area contributed by atoms with E-state index in [-0.39, 0.29) is 23.2 Å². The fourth-order valence-corrected chi connectivity index (χ4v) is 3.33. The first-order valence-corrected chi connectivity index (χ1v) is 7.42. The molecule has 3 atom stereocenters. The minimum absolute atomic E-state index is 0.0873. The molecule has 2 N–H and O–H groups in total. The molecular formula is C17H26FNO. The molecule has 1 aliphatic rings. The molecule has 0 saturated heterocycles. The third kappa shape index (κ3) is 3.14. The zero-order chi connectivity index (χ0) is 14.9. The van der Waals surface area contributed by atoms with Crippen LogP contribution in [-0.2, 0) is 0 Å². The number of hydrogen-bond acceptors (Lipinski definition) is 2. The zero-order valence-corrected chi connectivity index (χ0v) is 12.9. The number of nitrogens with two attached hydrogens (primary N) is 1. The summed E-state index contributed by atoms with van der Waals surface area (Å²) < 4.78 is 19.0. The van der Waals surface area contributed by atoms with Crippen LogP contribution in [-0.4, -0.2) is 13.2 Å². The molecular weight excluding hydrogens is 253 g/mol. The first kappa shape index (κ1) is 15.3. The van der Waals surface area contributed by atoms with Crippen LogP contribution < -0.4 is 10.5 Å². The van der Waals surface area contributed by atoms with Crippen LogP contribution in [0.25, 0.3) is 0 Å². The van der Waals surface area contributed by atoms with Gasteiger partial charge in [0, 0.05) is 17.5 Å². The van der Waals surface area contributed by atoms with E-state index in [1.165, 1.54) is 6.07 Å². The second-order valence-corrected chi connectivity index (χ2v) is 7.03. The van der Waals surface area contributed by atoms with E-state index in [0.29, 0.717) is 5.92 Å². The molecule has 2 nitrogen and oxygen atoms in total. The van der Waals surface area contributed by atoms with Gasteiger partial charge >= 0.3 is 0 Å². The predicted molar refractivity (Wildman–Crippen MR) is 80.5 cm³/mol. The summed E-state index contributed by atoms with van der Waals surface area (Å²) in [7, 11) is 1.63. The van der Waals surface area contributed by atoms with Gasteiger partial charge in [0.1, 0.15) is 11.6 Å². The van der Waals surface area contributed by atoms with Gasteiger partial charge in [0.05, 0.1) is 7.11 Å². The largest absolute Gasteiger partial charge is 0.496 e. The molecule has 3 heteroatoms. The van der Waals surface area contributed by atoms with Crippen molar-refractivity contribution in [1.82, 2.24) is 0 Å². The topological polar surface area (TPSA) is 35.2 Å². The van der Waals surface area contributed by atoms with Crippen LogP contribution in [0, 0.1) is 17.2 Å². The average Bonchev–Trinajstić information content (AvgIpc) is 2.38. The van der Waals surface area contributed by atoms with Gasteiger partial charge in [-0.25, -0.2) is 4.39 Å². The summed E-state index contributed by atoms with van der Waals surface area (Å²) >= 11 is 0. The molecule has 1 aromatic rings. The van der Waals surface area contributed by atoms with Gasteiger partial charge in [0.25, 0.3) is 0 Å². The van der Waals surface area contributed by atoms with Crippen LogP contribution in [0.4, 0.5) is 4.39 Å². The number of ether oxygens (including phenoxy) is 1. The van der Waals surface area contributed by atoms with Crippen LogP contribution in [0.15, 0.2) is 18.2 Å². The summed E-state index contributed by atoms with van der Waals surface area (Å²) in [6, 6.07) is 4.83. The Bertz CT molecular complexity index is 467. The van der Waals surface area contributed by atoms with E-state index in [0.717, 1.165) is 30.6 Å². The molecule has 3 unspecified atom stereocenters. The lowest BCUT2D eigenvalue weighted by Gasteiger charge is -2.41. The summed E-state index contributed by atoms with van der Waals surface area (Å²) in [4.78, 5) is 0. The van der Waals surface area contributed by atoms with E-state index in [9.17, 15) is 4.39 Å². The lowest BCUT2D eigenvalue weighted by Crippen LogP contribution is -2.38. The van der Waals surface area contributed by atoms with Crippen molar-refractivity contribution in [2.24, 2.45) is 17.1 Å². The summed E-state index contributed by atoms with van der Waals surface area (Å²) in [5.74, 6) is 1.33. The molecule has 0 bridgehead atoms. The van der Waals surface area contributed by atoms with E-state index >= 15 is 0 Å². The van der Waals surface area contributed by atoms with E-state index < -0.39 is 0 Å². The highest BCUT2D eigenvalue weighted by atomic mass is 19.1. The van der Waals surface area contributed by atoms with Gasteiger partial charge in [0.2, 0.25) is 0 Å². The molecule has 0 heterocycles. The maximum atomic E-state index is 13.6. The molecule has 1 fully saturated rings. The maximum Gasteiger partial charge on any atom is 0.123 e. The molecule has 0 amide bonds. The number of benzene rings is 1. The van der Waals surface area contributed by atoms with Crippen LogP contribution in [0.3, 0.4) is 0 Å². The molecule has 1 saturated carbocycles. The monoisotopic (exact) mass is 279 g/mol. The minimum atomic E-state index is -0.217. The second-order valence-electron chi connectivity index (χ2n) is 7.03. The van der Waals surface area contributed by atoms with Crippen molar-refractivity contribution in [3.8, 4) is 5.75 Å². The lowest BCUT2D eigenvalue weighted by atomic mass is 9.66. The van der Waals surface area contributed by atoms with Crippen LogP contribution in [0.2, 0.25) is 0 Å². The Morgan fingerprint density at radius 1 is 1.25 bits per heavy atom. The smallest absolute Gasteiger partial charge is 0.123 e. The molecule has 1 aromatic carbocycles. The highest BCUT2D eigenvalue weighted by Crippen LogP contribution is 2.45. The van der Waals surface area contributed by atoms with Crippen molar-refractivity contribution < 1.29 is 9.13 Å². The number of hydrogen-bond donors (Lipinski definition) is 1. The Morgan fingerprint density at radius 3 is 2.55 bits per heavy atom. The summed E-state index contributed by atoms with van der Waals surface area (Å²) in [6.45, 7) is 6.82. The van der Waals surface area contributed by atoms with E-state index in [1.54, 1.807) is 19.2 Å². The third-order valence-electron chi connectivity index (χ3n) is 4.72. The summed E-state index contributed by atoms with van der Waals surface area (Å²) in [5, 5.41) is 0. The Kier molecular flexibility index (Phi) is 4.38. The average molecular weight is 279 g/mol. The molecule has 0 aromatic heterocycles. The fourth-order valence-electron chi connectivity index (χ4n) is 3.33. The van der Waals surface area contributed by atoms with Gasteiger partial charge in [-0.05, 0) is 48.8 Å². The Labute approximate surface area is 121 Å². The zero-order valence-electron chi connectivity index (χ0n) is 12.9. The quantitative estimate of drug-likeness (QED) is 0.885. The van der Waals surface area contributed by atoms with Crippen molar-refractivity contribution >= 4 is 0 Å². The van der Waals surface area contributed by atoms with Crippen LogP contribution >= 0.6 is 0 Å². The molecule has 1 aliphatic carbocycles. The van der Waals surface area contributed by atoms with Crippen molar-refractivity contribution in [1.29, 1.82) is 0 Å². The van der Waals surface area contributed by atoms with Crippen LogP contribution in [0.5, 0.6) is 5.75 Å². The first-order valence-electron chi connectivity index (χ1n) is 7.42. The van der Waals surface area contributed by atoms with Gasteiger partial charge in [-0.1, -0.05) is 20.8 Å². The molecule has 0 radical (unpaired) electrons. The van der Waals surface area contributed by atoms with E-state index in [4.69, 9.17) is 10.5 Å². The fraction of sp³-hybridized carbons (Fsp3) is 0.647. The van der Waals surface area contributed by atoms with Gasteiger partial charge in [0.15, 0.2) is 0 Å². The predicted octanol–water partition coefficient (Wildman–Crippen LogP) is 4.09. The van der Waals surface area contributed by atoms with E-state index in [2.05, 4.69) is 20.8 Å². The minimum Gasteiger partial charge on any atom is -0.496 e.